The van der Waals surface area contributed by atoms with Crippen LogP contribution in [0.3, 0.4) is 0 Å². The maximum atomic E-state index is 12.9. The van der Waals surface area contributed by atoms with Crippen LogP contribution in [0.1, 0.15) is 34.9 Å². The highest BCUT2D eigenvalue weighted by atomic mass is 16.2. The first-order valence-corrected chi connectivity index (χ1v) is 7.99. The Morgan fingerprint density at radius 1 is 1.21 bits per heavy atom. The van der Waals surface area contributed by atoms with E-state index in [4.69, 9.17) is 0 Å². The monoisotopic (exact) mass is 322 g/mol. The van der Waals surface area contributed by atoms with Gasteiger partial charge in [-0.25, -0.2) is 4.68 Å². The molecular weight excluding hydrogens is 304 g/mol. The highest BCUT2D eigenvalue weighted by molar-refractivity contribution is 5.92. The van der Waals surface area contributed by atoms with Gasteiger partial charge in [0.25, 0.3) is 5.91 Å². The molecule has 1 amide bonds. The second kappa shape index (κ2) is 5.92. The van der Waals surface area contributed by atoms with Gasteiger partial charge in [0.15, 0.2) is 5.69 Å². The molecule has 3 aromatic rings. The standard InChI is InChI=1S/C17H18N6O/c1-21-11-13(10-18-21)16-8-5-9-22(16)17(24)15-12-23(20-19-15)14-6-3-2-4-7-14/h2-4,6-7,10-12,16H,5,8-9H2,1H3. The van der Waals surface area contributed by atoms with Gasteiger partial charge < -0.3 is 4.90 Å². The number of rotatable bonds is 3. The third kappa shape index (κ3) is 2.58. The van der Waals surface area contributed by atoms with Crippen LogP contribution >= 0.6 is 0 Å². The molecule has 1 aliphatic heterocycles. The zero-order chi connectivity index (χ0) is 16.5. The molecule has 0 radical (unpaired) electrons. The lowest BCUT2D eigenvalue weighted by molar-refractivity contribution is 0.0729. The summed E-state index contributed by atoms with van der Waals surface area (Å²) in [6.07, 6.45) is 7.42. The average molecular weight is 322 g/mol. The van der Waals surface area contributed by atoms with Gasteiger partial charge in [-0.15, -0.1) is 5.10 Å². The average Bonchev–Trinajstić information content (AvgIpc) is 3.35. The number of hydrogen-bond acceptors (Lipinski definition) is 4. The van der Waals surface area contributed by atoms with E-state index in [0.29, 0.717) is 5.69 Å². The number of para-hydroxylation sites is 1. The Morgan fingerprint density at radius 3 is 2.79 bits per heavy atom. The summed E-state index contributed by atoms with van der Waals surface area (Å²) in [5, 5.41) is 12.4. The van der Waals surface area contributed by atoms with E-state index < -0.39 is 0 Å². The van der Waals surface area contributed by atoms with Gasteiger partial charge in [-0.3, -0.25) is 9.48 Å². The molecule has 1 fully saturated rings. The Labute approximate surface area is 139 Å². The molecule has 122 valence electrons. The molecule has 0 aliphatic carbocycles. The Bertz CT molecular complexity index is 853. The van der Waals surface area contributed by atoms with Crippen LogP contribution in [0.25, 0.3) is 5.69 Å². The molecule has 7 nitrogen and oxygen atoms in total. The predicted octanol–water partition coefficient (Wildman–Crippen LogP) is 1.98. The fourth-order valence-electron chi connectivity index (χ4n) is 3.18. The molecule has 0 bridgehead atoms. The largest absolute Gasteiger partial charge is 0.330 e. The van der Waals surface area contributed by atoms with Crippen molar-refractivity contribution in [3.8, 4) is 5.69 Å². The van der Waals surface area contributed by atoms with Gasteiger partial charge in [0.05, 0.1) is 24.1 Å². The first-order valence-electron chi connectivity index (χ1n) is 7.99. The molecule has 24 heavy (non-hydrogen) atoms. The number of nitrogens with zero attached hydrogens (tertiary/aromatic N) is 6. The van der Waals surface area contributed by atoms with Crippen LogP contribution in [0.5, 0.6) is 0 Å². The maximum absolute atomic E-state index is 12.9. The smallest absolute Gasteiger partial charge is 0.276 e. The van der Waals surface area contributed by atoms with Crippen molar-refractivity contribution >= 4 is 5.91 Å². The van der Waals surface area contributed by atoms with Crippen LogP contribution in [0.2, 0.25) is 0 Å². The number of carbonyl (C=O) groups is 1. The second-order valence-electron chi connectivity index (χ2n) is 5.99. The summed E-state index contributed by atoms with van der Waals surface area (Å²) in [6.45, 7) is 0.733. The molecule has 1 atom stereocenters. The maximum Gasteiger partial charge on any atom is 0.276 e. The molecule has 3 heterocycles. The van der Waals surface area contributed by atoms with Crippen molar-refractivity contribution in [1.29, 1.82) is 0 Å². The fourth-order valence-corrected chi connectivity index (χ4v) is 3.18. The van der Waals surface area contributed by atoms with Gasteiger partial charge in [-0.05, 0) is 25.0 Å². The van der Waals surface area contributed by atoms with Crippen LogP contribution in [0.15, 0.2) is 48.9 Å². The highest BCUT2D eigenvalue weighted by Crippen LogP contribution is 2.32. The van der Waals surface area contributed by atoms with E-state index in [-0.39, 0.29) is 11.9 Å². The summed E-state index contributed by atoms with van der Waals surface area (Å²) < 4.78 is 3.39. The van der Waals surface area contributed by atoms with Gasteiger partial charge in [0.2, 0.25) is 0 Å². The van der Waals surface area contributed by atoms with Gasteiger partial charge in [-0.2, -0.15) is 5.10 Å². The van der Waals surface area contributed by atoms with Crippen LogP contribution in [-0.2, 0) is 7.05 Å². The molecule has 1 unspecified atom stereocenters. The normalized spacial score (nSPS) is 17.4. The first kappa shape index (κ1) is 14.6. The fraction of sp³-hybridized carbons (Fsp3) is 0.294. The van der Waals surface area contributed by atoms with E-state index in [0.717, 1.165) is 30.6 Å². The quantitative estimate of drug-likeness (QED) is 0.739. The van der Waals surface area contributed by atoms with E-state index in [9.17, 15) is 4.79 Å². The third-order valence-corrected chi connectivity index (χ3v) is 4.36. The molecule has 1 aromatic carbocycles. The lowest BCUT2D eigenvalue weighted by Gasteiger charge is -2.22. The summed E-state index contributed by atoms with van der Waals surface area (Å²) in [4.78, 5) is 14.7. The second-order valence-corrected chi connectivity index (χ2v) is 5.99. The van der Waals surface area contributed by atoms with Crippen LogP contribution in [-0.4, -0.2) is 42.1 Å². The highest BCUT2D eigenvalue weighted by Gasteiger charge is 2.32. The Kier molecular flexibility index (Phi) is 3.60. The molecular formula is C17H18N6O. The van der Waals surface area contributed by atoms with E-state index in [1.165, 1.54) is 0 Å². The summed E-state index contributed by atoms with van der Waals surface area (Å²) in [5.41, 5.74) is 2.32. The van der Waals surface area contributed by atoms with Crippen molar-refractivity contribution in [2.24, 2.45) is 7.05 Å². The van der Waals surface area contributed by atoms with Gasteiger partial charge >= 0.3 is 0 Å². The summed E-state index contributed by atoms with van der Waals surface area (Å²) in [5.74, 6) is -0.0801. The van der Waals surface area contributed by atoms with E-state index >= 15 is 0 Å². The van der Waals surface area contributed by atoms with E-state index in [1.807, 2.05) is 54.7 Å². The SMILES string of the molecule is Cn1cc(C2CCCN2C(=O)c2cn(-c3ccccc3)nn2)cn1. The molecule has 0 saturated carbocycles. The van der Waals surface area contributed by atoms with Crippen molar-refractivity contribution < 1.29 is 4.79 Å². The van der Waals surface area contributed by atoms with Gasteiger partial charge in [-0.1, -0.05) is 23.4 Å². The number of amides is 1. The van der Waals surface area contributed by atoms with Crippen molar-refractivity contribution in [3.05, 3.63) is 60.2 Å². The summed E-state index contributed by atoms with van der Waals surface area (Å²) in [6, 6.07) is 9.71. The molecule has 2 aromatic heterocycles. The summed E-state index contributed by atoms with van der Waals surface area (Å²) >= 11 is 0. The topological polar surface area (TPSA) is 68.8 Å². The predicted molar refractivity (Wildman–Crippen MR) is 87.6 cm³/mol. The molecule has 4 rings (SSSR count). The minimum absolute atomic E-state index is 0.0630. The van der Waals surface area contributed by atoms with Gasteiger partial charge in [0.1, 0.15) is 0 Å². The minimum atomic E-state index is -0.0801. The molecule has 0 N–H and O–H groups in total. The number of aromatic nitrogens is 5. The van der Waals surface area contributed by atoms with E-state index in [1.54, 1.807) is 15.6 Å². The zero-order valence-electron chi connectivity index (χ0n) is 13.4. The number of aryl methyl sites for hydroxylation is 1. The Hall–Kier alpha value is -2.96. The number of hydrogen-bond donors (Lipinski definition) is 0. The Morgan fingerprint density at radius 2 is 2.04 bits per heavy atom. The lowest BCUT2D eigenvalue weighted by Crippen LogP contribution is -2.30. The van der Waals surface area contributed by atoms with Crippen molar-refractivity contribution in [2.75, 3.05) is 6.54 Å². The van der Waals surface area contributed by atoms with Crippen molar-refractivity contribution in [2.45, 2.75) is 18.9 Å². The van der Waals surface area contributed by atoms with Crippen LogP contribution in [0.4, 0.5) is 0 Å². The third-order valence-electron chi connectivity index (χ3n) is 4.36. The lowest BCUT2D eigenvalue weighted by atomic mass is 10.1. The van der Waals surface area contributed by atoms with Crippen molar-refractivity contribution in [3.63, 3.8) is 0 Å². The number of likely N-dealkylation sites (tertiary alicyclic amines) is 1. The number of benzene rings is 1. The first-order chi connectivity index (χ1) is 11.7. The molecule has 1 saturated heterocycles. The van der Waals surface area contributed by atoms with Crippen LogP contribution in [0, 0.1) is 0 Å². The van der Waals surface area contributed by atoms with Crippen LogP contribution < -0.4 is 0 Å². The number of carbonyl (C=O) groups excluding carboxylic acids is 1. The summed E-state index contributed by atoms with van der Waals surface area (Å²) in [7, 11) is 1.88. The minimum Gasteiger partial charge on any atom is -0.330 e. The van der Waals surface area contributed by atoms with E-state index in [2.05, 4.69) is 15.4 Å². The van der Waals surface area contributed by atoms with Crippen molar-refractivity contribution in [1.82, 2.24) is 29.7 Å². The zero-order valence-corrected chi connectivity index (χ0v) is 13.4. The molecule has 1 aliphatic rings. The van der Waals surface area contributed by atoms with Gasteiger partial charge in [0, 0.05) is 25.4 Å². The molecule has 7 heteroatoms. The Balaban J connectivity index is 1.58. The molecule has 0 spiro atoms.